The highest BCUT2D eigenvalue weighted by Crippen LogP contribution is 2.31. The van der Waals surface area contributed by atoms with Crippen LogP contribution in [0.5, 0.6) is 0 Å². The molecule has 2 fully saturated rings. The standard InChI is InChI=1S/C20H31N5O2/c1-15(16-6-3-2-4-7-16)14-18(26)23-24-19(27)17-8-12-25(13-9-17)20-21-10-5-11-22-20/h5,10-11,15-17H,2-4,6-9,12-14H2,1H3,(H,23,26)(H,24,27). The van der Waals surface area contributed by atoms with Crippen molar-refractivity contribution in [3.63, 3.8) is 0 Å². The first-order valence-corrected chi connectivity index (χ1v) is 10.2. The molecule has 0 radical (unpaired) electrons. The van der Waals surface area contributed by atoms with Gasteiger partial charge >= 0.3 is 0 Å². The molecule has 1 aliphatic carbocycles. The van der Waals surface area contributed by atoms with E-state index in [9.17, 15) is 9.59 Å². The van der Waals surface area contributed by atoms with Gasteiger partial charge in [-0.3, -0.25) is 20.4 Å². The second-order valence-corrected chi connectivity index (χ2v) is 7.93. The van der Waals surface area contributed by atoms with Crippen molar-refractivity contribution in [2.45, 2.75) is 58.3 Å². The van der Waals surface area contributed by atoms with E-state index in [2.05, 4.69) is 32.6 Å². The maximum absolute atomic E-state index is 12.4. The Labute approximate surface area is 161 Å². The highest BCUT2D eigenvalue weighted by atomic mass is 16.2. The second kappa shape index (κ2) is 9.67. The number of piperidine rings is 1. The SMILES string of the molecule is CC(CC(=O)NNC(=O)C1CCN(c2ncccn2)CC1)C1CCCCC1. The van der Waals surface area contributed by atoms with Crippen molar-refractivity contribution in [2.24, 2.45) is 17.8 Å². The minimum absolute atomic E-state index is 0.0824. The highest BCUT2D eigenvalue weighted by molar-refractivity contribution is 5.83. The molecule has 0 bridgehead atoms. The Balaban J connectivity index is 1.36. The van der Waals surface area contributed by atoms with E-state index in [1.165, 1.54) is 32.1 Å². The van der Waals surface area contributed by atoms with Crippen molar-refractivity contribution in [1.82, 2.24) is 20.8 Å². The van der Waals surface area contributed by atoms with Gasteiger partial charge in [0.1, 0.15) is 0 Å². The molecule has 1 saturated heterocycles. The van der Waals surface area contributed by atoms with E-state index in [4.69, 9.17) is 0 Å². The maximum atomic E-state index is 12.4. The first-order chi connectivity index (χ1) is 13.1. The summed E-state index contributed by atoms with van der Waals surface area (Å²) < 4.78 is 0. The molecule has 1 saturated carbocycles. The lowest BCUT2D eigenvalue weighted by atomic mass is 9.79. The van der Waals surface area contributed by atoms with Crippen molar-refractivity contribution in [1.29, 1.82) is 0 Å². The third kappa shape index (κ3) is 5.65. The molecule has 2 amide bonds. The molecule has 0 aromatic carbocycles. The number of hydrogen-bond acceptors (Lipinski definition) is 5. The number of hydrogen-bond donors (Lipinski definition) is 2. The van der Waals surface area contributed by atoms with Crippen molar-refractivity contribution in [3.05, 3.63) is 18.5 Å². The van der Waals surface area contributed by atoms with Crippen LogP contribution in [0.4, 0.5) is 5.95 Å². The first-order valence-electron chi connectivity index (χ1n) is 10.2. The van der Waals surface area contributed by atoms with Crippen LogP contribution in [0.3, 0.4) is 0 Å². The van der Waals surface area contributed by atoms with Crippen molar-refractivity contribution in [2.75, 3.05) is 18.0 Å². The third-order valence-electron chi connectivity index (χ3n) is 5.99. The predicted octanol–water partition coefficient (Wildman–Crippen LogP) is 2.45. The lowest BCUT2D eigenvalue weighted by Crippen LogP contribution is -2.48. The zero-order chi connectivity index (χ0) is 19.1. The van der Waals surface area contributed by atoms with Gasteiger partial charge in [-0.15, -0.1) is 0 Å². The Morgan fingerprint density at radius 2 is 1.74 bits per heavy atom. The Morgan fingerprint density at radius 3 is 2.41 bits per heavy atom. The summed E-state index contributed by atoms with van der Waals surface area (Å²) in [5, 5.41) is 0. The van der Waals surface area contributed by atoms with E-state index in [0.717, 1.165) is 25.9 Å². The molecule has 2 N–H and O–H groups in total. The first kappa shape index (κ1) is 19.6. The normalized spacial score (nSPS) is 20.1. The van der Waals surface area contributed by atoms with Gasteiger partial charge in [-0.2, -0.15) is 0 Å². The fourth-order valence-electron chi connectivity index (χ4n) is 4.24. The number of nitrogens with zero attached hydrogens (tertiary/aromatic N) is 3. The van der Waals surface area contributed by atoms with E-state index in [1.54, 1.807) is 18.5 Å². The van der Waals surface area contributed by atoms with Crippen LogP contribution in [0.25, 0.3) is 0 Å². The number of aromatic nitrogens is 2. The van der Waals surface area contributed by atoms with Gasteiger partial charge in [-0.05, 0) is 30.7 Å². The highest BCUT2D eigenvalue weighted by Gasteiger charge is 2.27. The summed E-state index contributed by atoms with van der Waals surface area (Å²) in [6, 6.07) is 1.79. The van der Waals surface area contributed by atoms with E-state index >= 15 is 0 Å². The molecule has 148 valence electrons. The molecular weight excluding hydrogens is 342 g/mol. The smallest absolute Gasteiger partial charge is 0.241 e. The number of carbonyl (C=O) groups is 2. The Kier molecular flexibility index (Phi) is 7.01. The molecule has 1 unspecified atom stereocenters. The number of anilines is 1. The molecule has 27 heavy (non-hydrogen) atoms. The number of amides is 2. The number of hydrazine groups is 1. The van der Waals surface area contributed by atoms with Crippen molar-refractivity contribution < 1.29 is 9.59 Å². The third-order valence-corrected chi connectivity index (χ3v) is 5.99. The second-order valence-electron chi connectivity index (χ2n) is 7.93. The molecule has 1 aromatic rings. The van der Waals surface area contributed by atoms with Gasteiger partial charge in [0, 0.05) is 37.8 Å². The molecule has 1 atom stereocenters. The van der Waals surface area contributed by atoms with E-state index < -0.39 is 0 Å². The molecule has 2 heterocycles. The van der Waals surface area contributed by atoms with Gasteiger partial charge in [0.05, 0.1) is 0 Å². The van der Waals surface area contributed by atoms with E-state index in [-0.39, 0.29) is 17.7 Å². The topological polar surface area (TPSA) is 87.2 Å². The maximum Gasteiger partial charge on any atom is 0.241 e. The lowest BCUT2D eigenvalue weighted by Gasteiger charge is -2.31. The molecular formula is C20H31N5O2. The van der Waals surface area contributed by atoms with Crippen LogP contribution >= 0.6 is 0 Å². The van der Waals surface area contributed by atoms with Gasteiger partial charge in [0.25, 0.3) is 0 Å². The van der Waals surface area contributed by atoms with Crippen molar-refractivity contribution >= 4 is 17.8 Å². The number of carbonyl (C=O) groups excluding carboxylic acids is 2. The van der Waals surface area contributed by atoms with Gasteiger partial charge in [-0.1, -0.05) is 39.0 Å². The van der Waals surface area contributed by atoms with Crippen LogP contribution in [0.1, 0.15) is 58.3 Å². The van der Waals surface area contributed by atoms with Gasteiger partial charge in [0.15, 0.2) is 0 Å². The molecule has 7 nitrogen and oxygen atoms in total. The van der Waals surface area contributed by atoms with Crippen LogP contribution in [-0.4, -0.2) is 34.9 Å². The van der Waals surface area contributed by atoms with Gasteiger partial charge in [0.2, 0.25) is 17.8 Å². The van der Waals surface area contributed by atoms with Crippen LogP contribution < -0.4 is 15.8 Å². The average Bonchev–Trinajstić information content (AvgIpc) is 2.73. The summed E-state index contributed by atoms with van der Waals surface area (Å²) in [5.41, 5.74) is 5.24. The predicted molar refractivity (Wildman–Crippen MR) is 104 cm³/mol. The molecule has 2 aliphatic rings. The molecule has 1 aliphatic heterocycles. The fourth-order valence-corrected chi connectivity index (χ4v) is 4.24. The zero-order valence-corrected chi connectivity index (χ0v) is 16.2. The zero-order valence-electron chi connectivity index (χ0n) is 16.2. The Hall–Kier alpha value is -2.18. The minimum Gasteiger partial charge on any atom is -0.341 e. The molecule has 0 spiro atoms. The monoisotopic (exact) mass is 373 g/mol. The van der Waals surface area contributed by atoms with Crippen LogP contribution in [0, 0.1) is 17.8 Å². The van der Waals surface area contributed by atoms with Crippen LogP contribution in [0.2, 0.25) is 0 Å². The summed E-state index contributed by atoms with van der Waals surface area (Å²) in [4.78, 5) is 35.1. The van der Waals surface area contributed by atoms with Crippen molar-refractivity contribution in [3.8, 4) is 0 Å². The minimum atomic E-state index is -0.0951. The van der Waals surface area contributed by atoms with Gasteiger partial charge in [-0.25, -0.2) is 9.97 Å². The van der Waals surface area contributed by atoms with Crippen LogP contribution in [0.15, 0.2) is 18.5 Å². The Morgan fingerprint density at radius 1 is 1.07 bits per heavy atom. The molecule has 1 aromatic heterocycles. The molecule has 3 rings (SSSR count). The fraction of sp³-hybridized carbons (Fsp3) is 0.700. The molecule has 7 heteroatoms. The summed E-state index contributed by atoms with van der Waals surface area (Å²) in [7, 11) is 0. The summed E-state index contributed by atoms with van der Waals surface area (Å²) in [5.74, 6) is 1.46. The number of nitrogens with one attached hydrogen (secondary N) is 2. The van der Waals surface area contributed by atoms with E-state index in [1.807, 2.05) is 0 Å². The Bertz CT molecular complexity index is 610. The largest absolute Gasteiger partial charge is 0.341 e. The summed E-state index contributed by atoms with van der Waals surface area (Å²) >= 11 is 0. The van der Waals surface area contributed by atoms with Gasteiger partial charge < -0.3 is 4.90 Å². The number of rotatable bonds is 5. The summed E-state index contributed by atoms with van der Waals surface area (Å²) in [6.45, 7) is 3.64. The lowest BCUT2D eigenvalue weighted by molar-refractivity contribution is -0.132. The van der Waals surface area contributed by atoms with E-state index in [0.29, 0.717) is 24.2 Å². The quantitative estimate of drug-likeness (QED) is 0.774. The average molecular weight is 374 g/mol. The van der Waals surface area contributed by atoms with Crippen LogP contribution in [-0.2, 0) is 9.59 Å². The summed E-state index contributed by atoms with van der Waals surface area (Å²) in [6.07, 6.45) is 11.7.